The van der Waals surface area contributed by atoms with Crippen LogP contribution in [0.5, 0.6) is 11.5 Å². The summed E-state index contributed by atoms with van der Waals surface area (Å²) < 4.78 is 0. The van der Waals surface area contributed by atoms with Gasteiger partial charge in [0.1, 0.15) is 6.17 Å². The predicted molar refractivity (Wildman–Crippen MR) is 101 cm³/mol. The number of halogens is 1. The Kier molecular flexibility index (Phi) is 3.93. The number of rotatable bonds is 2. The van der Waals surface area contributed by atoms with Crippen molar-refractivity contribution in [3.63, 3.8) is 0 Å². The van der Waals surface area contributed by atoms with Crippen LogP contribution in [-0.2, 0) is 0 Å². The van der Waals surface area contributed by atoms with Gasteiger partial charge in [-0.3, -0.25) is 9.69 Å². The van der Waals surface area contributed by atoms with Crippen molar-refractivity contribution in [3.8, 4) is 11.5 Å². The van der Waals surface area contributed by atoms with Gasteiger partial charge in [0.05, 0.1) is 10.6 Å². The number of phenols is 2. The summed E-state index contributed by atoms with van der Waals surface area (Å²) in [6, 6.07) is 19.4. The van der Waals surface area contributed by atoms with Crippen LogP contribution >= 0.6 is 11.6 Å². The maximum Gasteiger partial charge on any atom is 0.262 e. The second kappa shape index (κ2) is 6.28. The molecule has 1 amide bonds. The molecule has 1 atom stereocenters. The van der Waals surface area contributed by atoms with Gasteiger partial charge >= 0.3 is 0 Å². The minimum atomic E-state index is -0.594. The Morgan fingerprint density at radius 3 is 2.38 bits per heavy atom. The Hall–Kier alpha value is -3.18. The van der Waals surface area contributed by atoms with Crippen molar-refractivity contribution in [2.75, 3.05) is 10.2 Å². The first-order valence-electron chi connectivity index (χ1n) is 8.02. The number of hydrogen-bond acceptors (Lipinski definition) is 4. The molecule has 1 aliphatic heterocycles. The maximum atomic E-state index is 13.2. The van der Waals surface area contributed by atoms with Gasteiger partial charge < -0.3 is 15.5 Å². The SMILES string of the molecule is O=C1c2ccccc2NC(c2cc(O)c(O)c(Cl)c2)N1c1ccccc1. The summed E-state index contributed by atoms with van der Waals surface area (Å²) in [6.45, 7) is 0. The molecule has 3 N–H and O–H groups in total. The Labute approximate surface area is 155 Å². The Morgan fingerprint density at radius 2 is 1.65 bits per heavy atom. The molecule has 3 aromatic carbocycles. The van der Waals surface area contributed by atoms with Crippen molar-refractivity contribution in [2.45, 2.75) is 6.17 Å². The molecule has 1 aliphatic rings. The molecule has 0 fully saturated rings. The number of amides is 1. The first kappa shape index (κ1) is 16.3. The molecule has 1 unspecified atom stereocenters. The second-order valence-electron chi connectivity index (χ2n) is 5.97. The third-order valence-corrected chi connectivity index (χ3v) is 4.63. The molecule has 0 aliphatic carbocycles. The minimum Gasteiger partial charge on any atom is -0.504 e. The van der Waals surface area contributed by atoms with Crippen molar-refractivity contribution in [1.82, 2.24) is 0 Å². The van der Waals surface area contributed by atoms with Gasteiger partial charge in [0.25, 0.3) is 5.91 Å². The van der Waals surface area contributed by atoms with Gasteiger partial charge in [0.2, 0.25) is 0 Å². The summed E-state index contributed by atoms with van der Waals surface area (Å²) in [5, 5.41) is 23.0. The number of nitrogens with zero attached hydrogens (tertiary/aromatic N) is 1. The second-order valence-corrected chi connectivity index (χ2v) is 6.38. The fourth-order valence-electron chi connectivity index (χ4n) is 3.10. The van der Waals surface area contributed by atoms with E-state index in [1.807, 2.05) is 48.5 Å². The average Bonchev–Trinajstić information content (AvgIpc) is 2.66. The predicted octanol–water partition coefficient (Wildman–Crippen LogP) is 4.52. The lowest BCUT2D eigenvalue weighted by molar-refractivity contribution is 0.0975. The number of carbonyl (C=O) groups excluding carboxylic acids is 1. The Balaban J connectivity index is 1.89. The van der Waals surface area contributed by atoms with Crippen LogP contribution in [0.1, 0.15) is 22.1 Å². The van der Waals surface area contributed by atoms with Crippen LogP contribution in [0.2, 0.25) is 5.02 Å². The molecule has 0 aromatic heterocycles. The van der Waals surface area contributed by atoms with Crippen molar-refractivity contribution < 1.29 is 15.0 Å². The van der Waals surface area contributed by atoms with E-state index < -0.39 is 6.17 Å². The van der Waals surface area contributed by atoms with Crippen LogP contribution in [-0.4, -0.2) is 16.1 Å². The van der Waals surface area contributed by atoms with Crippen LogP contribution in [0.25, 0.3) is 0 Å². The summed E-state index contributed by atoms with van der Waals surface area (Å²) >= 11 is 6.03. The molecule has 5 nitrogen and oxygen atoms in total. The highest BCUT2D eigenvalue weighted by atomic mass is 35.5. The first-order valence-corrected chi connectivity index (χ1v) is 8.39. The molecule has 3 aromatic rings. The average molecular weight is 367 g/mol. The summed E-state index contributed by atoms with van der Waals surface area (Å²) in [4.78, 5) is 14.8. The molecular formula is C20H15ClN2O3. The van der Waals surface area contributed by atoms with Crippen molar-refractivity contribution in [3.05, 3.63) is 82.9 Å². The van der Waals surface area contributed by atoms with E-state index in [0.29, 0.717) is 22.5 Å². The third kappa shape index (κ3) is 2.62. The van der Waals surface area contributed by atoms with Gasteiger partial charge in [-0.2, -0.15) is 0 Å². The van der Waals surface area contributed by atoms with Crippen LogP contribution in [0, 0.1) is 0 Å². The number of benzene rings is 3. The monoisotopic (exact) mass is 366 g/mol. The smallest absolute Gasteiger partial charge is 0.262 e. The van der Waals surface area contributed by atoms with Crippen LogP contribution in [0.4, 0.5) is 11.4 Å². The topological polar surface area (TPSA) is 72.8 Å². The zero-order chi connectivity index (χ0) is 18.3. The molecule has 6 heteroatoms. The van der Waals surface area contributed by atoms with E-state index in [1.165, 1.54) is 12.1 Å². The number of phenolic OH excluding ortho intramolecular Hbond substituents is 2. The third-order valence-electron chi connectivity index (χ3n) is 4.34. The number of fused-ring (bicyclic) bond motifs is 1. The molecular weight excluding hydrogens is 352 g/mol. The lowest BCUT2D eigenvalue weighted by atomic mass is 10.0. The molecule has 130 valence electrons. The quantitative estimate of drug-likeness (QED) is 0.583. The largest absolute Gasteiger partial charge is 0.504 e. The molecule has 4 rings (SSSR count). The molecule has 0 radical (unpaired) electrons. The van der Waals surface area contributed by atoms with Gasteiger partial charge in [0.15, 0.2) is 11.5 Å². The normalized spacial score (nSPS) is 16.1. The van der Waals surface area contributed by atoms with Crippen LogP contribution in [0.15, 0.2) is 66.7 Å². The van der Waals surface area contributed by atoms with Gasteiger partial charge in [0, 0.05) is 16.9 Å². The van der Waals surface area contributed by atoms with Gasteiger partial charge in [-0.25, -0.2) is 0 Å². The minimum absolute atomic E-state index is 0.0149. The molecule has 0 spiro atoms. The van der Waals surface area contributed by atoms with E-state index in [0.717, 1.165) is 0 Å². The van der Waals surface area contributed by atoms with E-state index in [9.17, 15) is 15.0 Å². The maximum absolute atomic E-state index is 13.2. The zero-order valence-electron chi connectivity index (χ0n) is 13.6. The summed E-state index contributed by atoms with van der Waals surface area (Å²) in [5.41, 5.74) is 2.50. The highest BCUT2D eigenvalue weighted by molar-refractivity contribution is 6.32. The first-order chi connectivity index (χ1) is 12.6. The van der Waals surface area contributed by atoms with Gasteiger partial charge in [-0.1, -0.05) is 41.9 Å². The summed E-state index contributed by atoms with van der Waals surface area (Å²) in [5.74, 6) is -0.892. The van der Waals surface area contributed by atoms with E-state index in [1.54, 1.807) is 11.0 Å². The zero-order valence-corrected chi connectivity index (χ0v) is 14.3. The highest BCUT2D eigenvalue weighted by Crippen LogP contribution is 2.41. The van der Waals surface area contributed by atoms with Gasteiger partial charge in [-0.15, -0.1) is 0 Å². The lowest BCUT2D eigenvalue weighted by Gasteiger charge is -2.38. The molecule has 0 saturated heterocycles. The standard InChI is InChI=1S/C20H15ClN2O3/c21-15-10-12(11-17(24)18(15)25)19-22-16-9-5-4-8-14(16)20(26)23(19)13-6-2-1-3-7-13/h1-11,19,22,24-25H. The van der Waals surface area contributed by atoms with Crippen LogP contribution < -0.4 is 10.2 Å². The molecule has 0 bridgehead atoms. The van der Waals surface area contributed by atoms with Crippen molar-refractivity contribution in [2.24, 2.45) is 0 Å². The van der Waals surface area contributed by atoms with Crippen molar-refractivity contribution in [1.29, 1.82) is 0 Å². The van der Waals surface area contributed by atoms with Gasteiger partial charge in [-0.05, 0) is 36.4 Å². The Morgan fingerprint density at radius 1 is 0.962 bits per heavy atom. The summed E-state index contributed by atoms with van der Waals surface area (Å²) in [6.07, 6.45) is -0.594. The number of aromatic hydroxyl groups is 2. The highest BCUT2D eigenvalue weighted by Gasteiger charge is 2.34. The number of hydrogen-bond donors (Lipinski definition) is 3. The van der Waals surface area contributed by atoms with E-state index >= 15 is 0 Å². The van der Waals surface area contributed by atoms with E-state index in [-0.39, 0.29) is 22.4 Å². The number of para-hydroxylation sites is 2. The van der Waals surface area contributed by atoms with E-state index in [2.05, 4.69) is 5.32 Å². The fourth-order valence-corrected chi connectivity index (χ4v) is 3.33. The fraction of sp³-hybridized carbons (Fsp3) is 0.0500. The Bertz CT molecular complexity index is 968. The number of carbonyl (C=O) groups is 1. The number of nitrogens with one attached hydrogen (secondary N) is 1. The molecule has 1 heterocycles. The molecule has 0 saturated carbocycles. The lowest BCUT2D eigenvalue weighted by Crippen LogP contribution is -2.43. The summed E-state index contributed by atoms with van der Waals surface area (Å²) in [7, 11) is 0. The molecule has 26 heavy (non-hydrogen) atoms. The van der Waals surface area contributed by atoms with E-state index in [4.69, 9.17) is 11.6 Å². The van der Waals surface area contributed by atoms with Crippen LogP contribution in [0.3, 0.4) is 0 Å². The number of anilines is 2. The van der Waals surface area contributed by atoms with Crippen molar-refractivity contribution >= 4 is 28.9 Å².